The first-order valence-electron chi connectivity index (χ1n) is 2.88. The molecule has 1 aromatic heterocycles. The number of nitrogens with zero attached hydrogens (tertiary/aromatic N) is 2. The summed E-state index contributed by atoms with van der Waals surface area (Å²) >= 11 is 0. The van der Waals surface area contributed by atoms with Gasteiger partial charge in [-0.05, 0) is 12.1 Å². The van der Waals surface area contributed by atoms with Gasteiger partial charge in [-0.1, -0.05) is 0 Å². The van der Waals surface area contributed by atoms with Gasteiger partial charge in [0.1, 0.15) is 0 Å². The van der Waals surface area contributed by atoms with Gasteiger partial charge in [0.15, 0.2) is 0 Å². The predicted octanol–water partition coefficient (Wildman–Crippen LogP) is 1.15. The molecule has 0 atom stereocenters. The normalized spacial score (nSPS) is 8.20. The van der Waals surface area contributed by atoms with Crippen molar-refractivity contribution < 1.29 is 19.5 Å². The zero-order valence-corrected chi connectivity index (χ0v) is 7.80. The van der Waals surface area contributed by atoms with Gasteiger partial charge in [0.05, 0.1) is 0 Å². The van der Waals surface area contributed by atoms with Gasteiger partial charge in [0, 0.05) is 51.7 Å². The van der Waals surface area contributed by atoms with Crippen LogP contribution in [0.15, 0.2) is 24.5 Å². The zero-order valence-electron chi connectivity index (χ0n) is 6.06. The van der Waals surface area contributed by atoms with E-state index in [1.807, 2.05) is 31.1 Å². The minimum atomic E-state index is 0. The summed E-state index contributed by atoms with van der Waals surface area (Å²) < 4.78 is 0. The Hall–Kier alpha value is -0.427. The summed E-state index contributed by atoms with van der Waals surface area (Å²) in [6.07, 6.45) is 3.57. The largest absolute Gasteiger partial charge is 0.378 e. The number of hydrogen-bond donors (Lipinski definition) is 0. The van der Waals surface area contributed by atoms with E-state index in [1.165, 1.54) is 5.69 Å². The van der Waals surface area contributed by atoms with E-state index in [4.69, 9.17) is 0 Å². The predicted molar refractivity (Wildman–Crippen MR) is 38.6 cm³/mol. The van der Waals surface area contributed by atoms with Crippen LogP contribution in [-0.2, 0) is 19.5 Å². The molecule has 0 unspecified atom stereocenters. The monoisotopic (exact) mass is 224 g/mol. The summed E-state index contributed by atoms with van der Waals surface area (Å²) in [5.41, 5.74) is 1.19. The van der Waals surface area contributed by atoms with Crippen LogP contribution in [0.3, 0.4) is 0 Å². The Labute approximate surface area is 74.0 Å². The number of anilines is 1. The van der Waals surface area contributed by atoms with Gasteiger partial charge in [0.2, 0.25) is 0 Å². The van der Waals surface area contributed by atoms with Crippen molar-refractivity contribution in [3.63, 3.8) is 0 Å². The third-order valence-corrected chi connectivity index (χ3v) is 1.18. The molecule has 0 spiro atoms. The van der Waals surface area contributed by atoms with Crippen molar-refractivity contribution in [2.24, 2.45) is 0 Å². The molecule has 1 heterocycles. The third kappa shape index (κ3) is 2.44. The van der Waals surface area contributed by atoms with Crippen molar-refractivity contribution in [2.75, 3.05) is 19.0 Å². The number of pyridine rings is 1. The summed E-state index contributed by atoms with van der Waals surface area (Å²) in [5, 5.41) is 0. The summed E-state index contributed by atoms with van der Waals surface area (Å²) in [5.74, 6) is 0. The van der Waals surface area contributed by atoms with E-state index in [0.29, 0.717) is 0 Å². The molecule has 0 radical (unpaired) electrons. The second kappa shape index (κ2) is 4.40. The van der Waals surface area contributed by atoms with Crippen LogP contribution in [0.1, 0.15) is 0 Å². The van der Waals surface area contributed by atoms with Crippen LogP contribution in [0.5, 0.6) is 0 Å². The van der Waals surface area contributed by atoms with Gasteiger partial charge in [0.25, 0.3) is 0 Å². The molecule has 3 heteroatoms. The molecule has 0 saturated heterocycles. The Morgan fingerprint density at radius 2 is 1.70 bits per heavy atom. The van der Waals surface area contributed by atoms with Gasteiger partial charge >= 0.3 is 0 Å². The smallest absolute Gasteiger partial charge is 0.0391 e. The van der Waals surface area contributed by atoms with Crippen LogP contribution < -0.4 is 4.90 Å². The Morgan fingerprint density at radius 3 is 2.00 bits per heavy atom. The summed E-state index contributed by atoms with van der Waals surface area (Å²) in [6.45, 7) is 0. The molecule has 56 valence electrons. The van der Waals surface area contributed by atoms with Gasteiger partial charge < -0.3 is 4.90 Å². The quantitative estimate of drug-likeness (QED) is 0.664. The molecule has 0 aliphatic heterocycles. The second-order valence-electron chi connectivity index (χ2n) is 2.10. The molecule has 1 aromatic rings. The van der Waals surface area contributed by atoms with Crippen molar-refractivity contribution in [2.45, 2.75) is 0 Å². The van der Waals surface area contributed by atoms with E-state index in [0.717, 1.165) is 0 Å². The summed E-state index contributed by atoms with van der Waals surface area (Å²) in [7, 11) is 4.02. The Bertz CT molecular complexity index is 174. The van der Waals surface area contributed by atoms with Crippen LogP contribution in [0.2, 0.25) is 0 Å². The fourth-order valence-electron chi connectivity index (χ4n) is 0.642. The van der Waals surface area contributed by atoms with E-state index in [9.17, 15) is 0 Å². The standard InChI is InChI=1S/C7H10N2.Ru/c1-9(2)7-3-5-8-6-4-7;/h3-6H,1-2H3;. The molecule has 2 nitrogen and oxygen atoms in total. The molecule has 10 heavy (non-hydrogen) atoms. The molecule has 1 rings (SSSR count). The summed E-state index contributed by atoms with van der Waals surface area (Å²) in [4.78, 5) is 5.94. The van der Waals surface area contributed by atoms with E-state index >= 15 is 0 Å². The van der Waals surface area contributed by atoms with Crippen molar-refractivity contribution in [3.05, 3.63) is 24.5 Å². The first kappa shape index (κ1) is 9.57. The topological polar surface area (TPSA) is 16.1 Å². The third-order valence-electron chi connectivity index (χ3n) is 1.18. The van der Waals surface area contributed by atoms with Gasteiger partial charge in [-0.25, -0.2) is 0 Å². The number of aromatic nitrogens is 1. The Morgan fingerprint density at radius 1 is 1.20 bits per heavy atom. The van der Waals surface area contributed by atoms with Crippen LogP contribution in [0, 0.1) is 0 Å². The molecule has 0 bridgehead atoms. The fourth-order valence-corrected chi connectivity index (χ4v) is 0.642. The zero-order chi connectivity index (χ0) is 6.69. The second-order valence-corrected chi connectivity index (χ2v) is 2.10. The van der Waals surface area contributed by atoms with Crippen LogP contribution in [0.4, 0.5) is 5.69 Å². The van der Waals surface area contributed by atoms with Gasteiger partial charge in [-0.15, -0.1) is 0 Å². The average Bonchev–Trinajstić information content (AvgIpc) is 1.90. The molecule has 0 aliphatic carbocycles. The van der Waals surface area contributed by atoms with Crippen LogP contribution in [0.25, 0.3) is 0 Å². The molecule has 0 amide bonds. The number of rotatable bonds is 1. The maximum Gasteiger partial charge on any atom is 0.0391 e. The maximum atomic E-state index is 3.90. The molecule has 0 N–H and O–H groups in total. The molecule has 0 saturated carbocycles. The van der Waals surface area contributed by atoms with Crippen molar-refractivity contribution in [3.8, 4) is 0 Å². The Balaban J connectivity index is 0.000000810. The van der Waals surface area contributed by atoms with Gasteiger partial charge in [-0.2, -0.15) is 0 Å². The molecule has 0 aromatic carbocycles. The maximum absolute atomic E-state index is 3.90. The first-order valence-corrected chi connectivity index (χ1v) is 2.88. The van der Waals surface area contributed by atoms with E-state index < -0.39 is 0 Å². The first-order chi connectivity index (χ1) is 4.30. The fraction of sp³-hybridized carbons (Fsp3) is 0.286. The van der Waals surface area contributed by atoms with E-state index in [-0.39, 0.29) is 19.5 Å². The molecule has 0 fully saturated rings. The van der Waals surface area contributed by atoms with Crippen molar-refractivity contribution in [1.82, 2.24) is 4.98 Å². The SMILES string of the molecule is CN(C)c1ccncc1.[Ru]. The minimum absolute atomic E-state index is 0. The molecular formula is C7H10N2Ru. The van der Waals surface area contributed by atoms with Gasteiger partial charge in [-0.3, -0.25) is 4.98 Å². The minimum Gasteiger partial charge on any atom is -0.378 e. The number of hydrogen-bond acceptors (Lipinski definition) is 2. The van der Waals surface area contributed by atoms with E-state index in [1.54, 1.807) is 12.4 Å². The summed E-state index contributed by atoms with van der Waals surface area (Å²) in [6, 6.07) is 3.94. The Kier molecular flexibility index (Phi) is 4.21. The molecular weight excluding hydrogens is 213 g/mol. The van der Waals surface area contributed by atoms with Crippen LogP contribution >= 0.6 is 0 Å². The van der Waals surface area contributed by atoms with Crippen molar-refractivity contribution in [1.29, 1.82) is 0 Å². The van der Waals surface area contributed by atoms with Crippen LogP contribution in [-0.4, -0.2) is 19.1 Å². The molecule has 0 aliphatic rings. The van der Waals surface area contributed by atoms with E-state index in [2.05, 4.69) is 4.98 Å². The van der Waals surface area contributed by atoms with Crippen molar-refractivity contribution >= 4 is 5.69 Å². The average molecular weight is 223 g/mol.